The summed E-state index contributed by atoms with van der Waals surface area (Å²) in [7, 11) is 1.64. The predicted molar refractivity (Wildman–Crippen MR) is 68.6 cm³/mol. The topological polar surface area (TPSA) is 82.5 Å². The van der Waals surface area contributed by atoms with E-state index in [1.807, 2.05) is 12.3 Å². The minimum absolute atomic E-state index is 0.0691. The molecule has 0 spiro atoms. The minimum Gasteiger partial charge on any atom is -0.481 e. The van der Waals surface area contributed by atoms with Crippen molar-refractivity contribution in [2.75, 3.05) is 13.6 Å². The summed E-state index contributed by atoms with van der Waals surface area (Å²) in [5, 5.41) is 14.0. The van der Waals surface area contributed by atoms with E-state index in [9.17, 15) is 9.59 Å². The standard InChI is InChI=1S/C11H17N3O3S/c1-8(10-12-5-7-18-10)13-11(17)14(2)6-3-4-9(15)16/h5,7-8H,3-4,6H2,1-2H3,(H,13,17)(H,15,16). The molecule has 0 aliphatic heterocycles. The number of carbonyl (C=O) groups excluding carboxylic acids is 1. The summed E-state index contributed by atoms with van der Waals surface area (Å²) in [6, 6.07) is -0.359. The summed E-state index contributed by atoms with van der Waals surface area (Å²) in [5.41, 5.74) is 0. The molecule has 1 atom stereocenters. The second-order valence-corrected chi connectivity index (χ2v) is 4.89. The van der Waals surface area contributed by atoms with Gasteiger partial charge in [0.25, 0.3) is 0 Å². The average Bonchev–Trinajstić information content (AvgIpc) is 2.81. The lowest BCUT2D eigenvalue weighted by molar-refractivity contribution is -0.137. The highest BCUT2D eigenvalue weighted by Gasteiger charge is 2.14. The van der Waals surface area contributed by atoms with Crippen molar-refractivity contribution in [2.45, 2.75) is 25.8 Å². The molecule has 1 aromatic rings. The maximum Gasteiger partial charge on any atom is 0.317 e. The Bertz CT molecular complexity index is 394. The van der Waals surface area contributed by atoms with Crippen molar-refractivity contribution >= 4 is 23.3 Å². The molecule has 0 aromatic carbocycles. The largest absolute Gasteiger partial charge is 0.481 e. The van der Waals surface area contributed by atoms with Crippen LogP contribution in [0.4, 0.5) is 4.79 Å². The number of carboxylic acid groups (broad SMARTS) is 1. The first-order chi connectivity index (χ1) is 8.50. The molecule has 1 heterocycles. The number of thiazole rings is 1. The van der Waals surface area contributed by atoms with Crippen LogP contribution in [0.5, 0.6) is 0 Å². The van der Waals surface area contributed by atoms with Crippen molar-refractivity contribution in [1.29, 1.82) is 0 Å². The Kier molecular flexibility index (Phi) is 5.57. The van der Waals surface area contributed by atoms with Crippen molar-refractivity contribution in [3.05, 3.63) is 16.6 Å². The quantitative estimate of drug-likeness (QED) is 0.825. The molecule has 2 N–H and O–H groups in total. The molecular formula is C11H17N3O3S. The Morgan fingerprint density at radius 3 is 2.89 bits per heavy atom. The number of hydrogen-bond donors (Lipinski definition) is 2. The van der Waals surface area contributed by atoms with E-state index in [0.29, 0.717) is 13.0 Å². The van der Waals surface area contributed by atoms with Crippen molar-refractivity contribution < 1.29 is 14.7 Å². The molecule has 0 saturated heterocycles. The summed E-state index contributed by atoms with van der Waals surface area (Å²) >= 11 is 1.48. The van der Waals surface area contributed by atoms with E-state index in [1.54, 1.807) is 13.2 Å². The Morgan fingerprint density at radius 2 is 2.33 bits per heavy atom. The van der Waals surface area contributed by atoms with E-state index >= 15 is 0 Å². The van der Waals surface area contributed by atoms with Gasteiger partial charge in [-0.15, -0.1) is 11.3 Å². The van der Waals surface area contributed by atoms with Gasteiger partial charge in [-0.25, -0.2) is 9.78 Å². The number of rotatable bonds is 6. The van der Waals surface area contributed by atoms with Gasteiger partial charge in [-0.05, 0) is 13.3 Å². The second-order valence-electron chi connectivity index (χ2n) is 3.96. The molecule has 7 heteroatoms. The van der Waals surface area contributed by atoms with Crippen molar-refractivity contribution in [3.8, 4) is 0 Å². The number of carbonyl (C=O) groups is 2. The smallest absolute Gasteiger partial charge is 0.317 e. The first-order valence-corrected chi connectivity index (χ1v) is 6.51. The maximum absolute atomic E-state index is 11.8. The normalized spacial score (nSPS) is 11.9. The molecule has 1 unspecified atom stereocenters. The van der Waals surface area contributed by atoms with Crippen LogP contribution in [0.25, 0.3) is 0 Å². The SMILES string of the molecule is CC(NC(=O)N(C)CCCC(=O)O)c1nccs1. The van der Waals surface area contributed by atoms with Crippen LogP contribution in [0.3, 0.4) is 0 Å². The molecule has 1 rings (SSSR count). The third kappa shape index (κ3) is 4.70. The van der Waals surface area contributed by atoms with Gasteiger partial charge in [-0.2, -0.15) is 0 Å². The second kappa shape index (κ2) is 6.95. The van der Waals surface area contributed by atoms with Gasteiger partial charge in [-0.1, -0.05) is 0 Å². The maximum atomic E-state index is 11.8. The van der Waals surface area contributed by atoms with Crippen LogP contribution in [0.1, 0.15) is 30.8 Å². The molecule has 6 nitrogen and oxygen atoms in total. The number of aromatic nitrogens is 1. The number of carboxylic acids is 1. The van der Waals surface area contributed by atoms with Gasteiger partial charge in [0.1, 0.15) is 5.01 Å². The summed E-state index contributed by atoms with van der Waals surface area (Å²) in [6.45, 7) is 2.28. The molecule has 1 aromatic heterocycles. The molecule has 2 amide bonds. The lowest BCUT2D eigenvalue weighted by Crippen LogP contribution is -2.39. The minimum atomic E-state index is -0.847. The summed E-state index contributed by atoms with van der Waals surface area (Å²) < 4.78 is 0. The van der Waals surface area contributed by atoms with Crippen LogP contribution in [-0.2, 0) is 4.79 Å². The molecule has 100 valence electrons. The molecule has 0 bridgehead atoms. The summed E-state index contributed by atoms with van der Waals surface area (Å²) in [4.78, 5) is 27.7. The van der Waals surface area contributed by atoms with Gasteiger partial charge in [0.2, 0.25) is 0 Å². The summed E-state index contributed by atoms with van der Waals surface area (Å²) in [5.74, 6) is -0.847. The highest BCUT2D eigenvalue weighted by atomic mass is 32.1. The van der Waals surface area contributed by atoms with Gasteiger partial charge in [0, 0.05) is 31.6 Å². The molecule has 0 radical (unpaired) electrons. The fourth-order valence-corrected chi connectivity index (χ4v) is 2.02. The van der Waals surface area contributed by atoms with Crippen LogP contribution in [0, 0.1) is 0 Å². The van der Waals surface area contributed by atoms with Crippen LogP contribution in [-0.4, -0.2) is 40.6 Å². The molecule has 0 fully saturated rings. The lowest BCUT2D eigenvalue weighted by Gasteiger charge is -2.20. The van der Waals surface area contributed by atoms with Gasteiger partial charge in [0.05, 0.1) is 6.04 Å². The van der Waals surface area contributed by atoms with Gasteiger partial charge in [0.15, 0.2) is 0 Å². The first kappa shape index (κ1) is 14.4. The third-order valence-corrected chi connectivity index (χ3v) is 3.35. The summed E-state index contributed by atoms with van der Waals surface area (Å²) in [6.07, 6.45) is 2.21. The molecule has 18 heavy (non-hydrogen) atoms. The van der Waals surface area contributed by atoms with Crippen LogP contribution in [0.15, 0.2) is 11.6 Å². The van der Waals surface area contributed by atoms with E-state index in [0.717, 1.165) is 5.01 Å². The fraction of sp³-hybridized carbons (Fsp3) is 0.545. The highest BCUT2D eigenvalue weighted by molar-refractivity contribution is 7.09. The van der Waals surface area contributed by atoms with Crippen LogP contribution < -0.4 is 5.32 Å². The zero-order chi connectivity index (χ0) is 13.5. The molecule has 0 aliphatic carbocycles. The number of aliphatic carboxylic acids is 1. The zero-order valence-electron chi connectivity index (χ0n) is 10.4. The number of nitrogens with one attached hydrogen (secondary N) is 1. The Balaban J connectivity index is 2.33. The Labute approximate surface area is 110 Å². The Morgan fingerprint density at radius 1 is 1.61 bits per heavy atom. The molecule has 0 aliphatic rings. The van der Waals surface area contributed by atoms with E-state index in [2.05, 4.69) is 10.3 Å². The molecular weight excluding hydrogens is 254 g/mol. The van der Waals surface area contributed by atoms with Crippen LogP contribution in [0.2, 0.25) is 0 Å². The third-order valence-electron chi connectivity index (χ3n) is 2.39. The van der Waals surface area contributed by atoms with Crippen LogP contribution >= 0.6 is 11.3 Å². The monoisotopic (exact) mass is 271 g/mol. The first-order valence-electron chi connectivity index (χ1n) is 5.63. The Hall–Kier alpha value is -1.63. The highest BCUT2D eigenvalue weighted by Crippen LogP contribution is 2.14. The zero-order valence-corrected chi connectivity index (χ0v) is 11.2. The van der Waals surface area contributed by atoms with Crippen molar-refractivity contribution in [3.63, 3.8) is 0 Å². The number of urea groups is 1. The van der Waals surface area contributed by atoms with Gasteiger partial charge < -0.3 is 15.3 Å². The van der Waals surface area contributed by atoms with E-state index in [4.69, 9.17) is 5.11 Å². The van der Waals surface area contributed by atoms with Gasteiger partial charge >= 0.3 is 12.0 Å². The number of nitrogens with zero attached hydrogens (tertiary/aromatic N) is 2. The molecule has 0 saturated carbocycles. The van der Waals surface area contributed by atoms with Crippen molar-refractivity contribution in [2.24, 2.45) is 0 Å². The predicted octanol–water partition coefficient (Wildman–Crippen LogP) is 1.71. The van der Waals surface area contributed by atoms with E-state index in [1.165, 1.54) is 16.2 Å². The van der Waals surface area contributed by atoms with Crippen molar-refractivity contribution in [1.82, 2.24) is 15.2 Å². The average molecular weight is 271 g/mol. The van der Waals surface area contributed by atoms with Gasteiger partial charge in [-0.3, -0.25) is 4.79 Å². The van der Waals surface area contributed by atoms with E-state index < -0.39 is 5.97 Å². The number of amides is 2. The lowest BCUT2D eigenvalue weighted by atomic mass is 10.3. The fourth-order valence-electron chi connectivity index (χ4n) is 1.37. The number of hydrogen-bond acceptors (Lipinski definition) is 4. The van der Waals surface area contributed by atoms with E-state index in [-0.39, 0.29) is 18.5 Å².